The SMILES string of the molecule is COc1ccc(OC)c(C2C(C(=O)c3ccccc3)=C(O)C(=O)N2c2nc3ccccc3s2)c1. The van der Waals surface area contributed by atoms with E-state index in [2.05, 4.69) is 4.98 Å². The van der Waals surface area contributed by atoms with Gasteiger partial charge in [-0.25, -0.2) is 4.98 Å². The van der Waals surface area contributed by atoms with E-state index in [9.17, 15) is 14.7 Å². The zero-order valence-electron chi connectivity index (χ0n) is 18.4. The number of para-hydroxylation sites is 1. The maximum atomic E-state index is 13.6. The van der Waals surface area contributed by atoms with Gasteiger partial charge in [0.25, 0.3) is 5.91 Å². The summed E-state index contributed by atoms with van der Waals surface area (Å²) >= 11 is 1.30. The van der Waals surface area contributed by atoms with E-state index in [1.807, 2.05) is 24.3 Å². The Morgan fingerprint density at radius 2 is 1.74 bits per heavy atom. The average Bonchev–Trinajstić information content (AvgIpc) is 3.42. The van der Waals surface area contributed by atoms with Crippen LogP contribution in [0.15, 0.2) is 84.1 Å². The van der Waals surface area contributed by atoms with Crippen LogP contribution in [0.2, 0.25) is 0 Å². The van der Waals surface area contributed by atoms with E-state index in [4.69, 9.17) is 9.47 Å². The first-order valence-corrected chi connectivity index (χ1v) is 11.3. The molecule has 1 atom stereocenters. The van der Waals surface area contributed by atoms with Gasteiger partial charge < -0.3 is 14.6 Å². The van der Waals surface area contributed by atoms with Crippen LogP contribution >= 0.6 is 11.3 Å². The monoisotopic (exact) mass is 472 g/mol. The number of carbonyl (C=O) groups is 2. The van der Waals surface area contributed by atoms with E-state index in [1.165, 1.54) is 30.5 Å². The number of aliphatic hydroxyl groups is 1. The third-order valence-corrected chi connectivity index (χ3v) is 6.74. The van der Waals surface area contributed by atoms with Gasteiger partial charge in [-0.05, 0) is 30.3 Å². The lowest BCUT2D eigenvalue weighted by Gasteiger charge is -2.26. The second-order valence-corrected chi connectivity index (χ2v) is 8.62. The van der Waals surface area contributed by atoms with E-state index >= 15 is 0 Å². The molecule has 0 aliphatic carbocycles. The fourth-order valence-corrected chi connectivity index (χ4v) is 5.08. The maximum absolute atomic E-state index is 13.6. The summed E-state index contributed by atoms with van der Waals surface area (Å²) in [6.07, 6.45) is 0. The van der Waals surface area contributed by atoms with Crippen molar-refractivity contribution in [2.75, 3.05) is 19.1 Å². The van der Waals surface area contributed by atoms with Crippen LogP contribution in [0.1, 0.15) is 22.0 Å². The number of fused-ring (bicyclic) bond motifs is 1. The van der Waals surface area contributed by atoms with Gasteiger partial charge in [-0.15, -0.1) is 0 Å². The predicted octanol–water partition coefficient (Wildman–Crippen LogP) is 5.10. The number of nitrogens with zero attached hydrogens (tertiary/aromatic N) is 2. The third-order valence-electron chi connectivity index (χ3n) is 5.71. The van der Waals surface area contributed by atoms with Crippen molar-refractivity contribution in [1.82, 2.24) is 4.98 Å². The molecule has 4 aromatic rings. The molecule has 8 heteroatoms. The van der Waals surface area contributed by atoms with E-state index in [0.29, 0.717) is 33.3 Å². The minimum atomic E-state index is -0.967. The minimum absolute atomic E-state index is 0.0398. The van der Waals surface area contributed by atoms with Crippen LogP contribution in [0, 0.1) is 0 Å². The van der Waals surface area contributed by atoms with E-state index < -0.39 is 23.5 Å². The fourth-order valence-electron chi connectivity index (χ4n) is 4.09. The number of aliphatic hydroxyl groups excluding tert-OH is 1. The van der Waals surface area contributed by atoms with E-state index in [-0.39, 0.29) is 5.57 Å². The first kappa shape index (κ1) is 21.7. The Morgan fingerprint density at radius 3 is 2.44 bits per heavy atom. The van der Waals surface area contributed by atoms with Gasteiger partial charge in [-0.3, -0.25) is 14.5 Å². The number of aromatic nitrogens is 1. The van der Waals surface area contributed by atoms with Crippen LogP contribution in [0.25, 0.3) is 10.2 Å². The van der Waals surface area contributed by atoms with Gasteiger partial charge in [-0.1, -0.05) is 53.8 Å². The Bertz CT molecular complexity index is 1410. The first-order chi connectivity index (χ1) is 16.5. The van der Waals surface area contributed by atoms with Crippen LogP contribution in [-0.4, -0.2) is 36.0 Å². The van der Waals surface area contributed by atoms with Gasteiger partial charge in [0.05, 0.1) is 30.0 Å². The molecule has 0 fully saturated rings. The molecule has 3 aromatic carbocycles. The summed E-state index contributed by atoms with van der Waals surface area (Å²) in [5.74, 6) is -0.802. The summed E-state index contributed by atoms with van der Waals surface area (Å²) in [6, 6.07) is 20.2. The van der Waals surface area contributed by atoms with Crippen LogP contribution in [0.5, 0.6) is 11.5 Å². The summed E-state index contributed by atoms with van der Waals surface area (Å²) in [5.41, 5.74) is 1.53. The number of amides is 1. The summed E-state index contributed by atoms with van der Waals surface area (Å²) < 4.78 is 11.9. The highest BCUT2D eigenvalue weighted by atomic mass is 32.1. The number of hydrogen-bond donors (Lipinski definition) is 1. The fraction of sp³-hybridized carbons (Fsp3) is 0.115. The lowest BCUT2D eigenvalue weighted by Crippen LogP contribution is -2.31. The number of hydrogen-bond acceptors (Lipinski definition) is 7. The molecule has 1 amide bonds. The van der Waals surface area contributed by atoms with Gasteiger partial charge in [0.15, 0.2) is 16.7 Å². The van der Waals surface area contributed by atoms with Crippen molar-refractivity contribution in [3.63, 3.8) is 0 Å². The number of methoxy groups -OCH3 is 2. The Labute approximate surface area is 199 Å². The molecule has 2 heterocycles. The lowest BCUT2D eigenvalue weighted by atomic mass is 9.92. The van der Waals surface area contributed by atoms with Crippen molar-refractivity contribution in [1.29, 1.82) is 0 Å². The zero-order chi connectivity index (χ0) is 23.8. The number of ketones is 1. The largest absolute Gasteiger partial charge is 0.503 e. The van der Waals surface area contributed by atoms with Crippen molar-refractivity contribution < 1.29 is 24.2 Å². The van der Waals surface area contributed by atoms with Crippen LogP contribution in [0.4, 0.5) is 5.13 Å². The van der Waals surface area contributed by atoms with Crippen LogP contribution in [0.3, 0.4) is 0 Å². The van der Waals surface area contributed by atoms with E-state index in [0.717, 1.165) is 4.70 Å². The van der Waals surface area contributed by atoms with Gasteiger partial charge in [0.1, 0.15) is 17.5 Å². The molecule has 34 heavy (non-hydrogen) atoms. The molecule has 1 N–H and O–H groups in total. The zero-order valence-corrected chi connectivity index (χ0v) is 19.2. The molecule has 0 bridgehead atoms. The Kier molecular flexibility index (Phi) is 5.51. The lowest BCUT2D eigenvalue weighted by molar-refractivity contribution is -0.117. The number of benzene rings is 3. The normalized spacial score (nSPS) is 15.8. The Hall–Kier alpha value is -4.17. The predicted molar refractivity (Wildman–Crippen MR) is 130 cm³/mol. The van der Waals surface area contributed by atoms with Gasteiger partial charge >= 0.3 is 0 Å². The molecule has 0 saturated carbocycles. The number of ether oxygens (including phenoxy) is 2. The molecule has 170 valence electrons. The minimum Gasteiger partial charge on any atom is -0.503 e. The summed E-state index contributed by atoms with van der Waals surface area (Å²) in [7, 11) is 3.03. The second-order valence-electron chi connectivity index (χ2n) is 7.61. The summed E-state index contributed by atoms with van der Waals surface area (Å²) in [4.78, 5) is 33.0. The highest BCUT2D eigenvalue weighted by molar-refractivity contribution is 7.22. The summed E-state index contributed by atoms with van der Waals surface area (Å²) in [5, 5.41) is 11.4. The number of thiazole rings is 1. The molecular formula is C26H20N2O5S. The van der Waals surface area contributed by atoms with Gasteiger partial charge in [-0.2, -0.15) is 0 Å². The molecule has 1 aliphatic heterocycles. The average molecular weight is 473 g/mol. The highest BCUT2D eigenvalue weighted by Crippen LogP contribution is 2.47. The van der Waals surface area contributed by atoms with E-state index in [1.54, 1.807) is 48.5 Å². The van der Waals surface area contributed by atoms with Gasteiger partial charge in [0.2, 0.25) is 0 Å². The molecule has 7 nitrogen and oxygen atoms in total. The molecule has 5 rings (SSSR count). The first-order valence-electron chi connectivity index (χ1n) is 10.5. The molecule has 1 unspecified atom stereocenters. The second kappa shape index (κ2) is 8.64. The molecule has 0 radical (unpaired) electrons. The van der Waals surface area contributed by atoms with Gasteiger partial charge in [0, 0.05) is 11.1 Å². The highest BCUT2D eigenvalue weighted by Gasteiger charge is 2.47. The van der Waals surface area contributed by atoms with Crippen molar-refractivity contribution in [2.24, 2.45) is 0 Å². The Morgan fingerprint density at radius 1 is 1.00 bits per heavy atom. The van der Waals surface area contributed by atoms with Crippen molar-refractivity contribution in [3.05, 3.63) is 95.3 Å². The number of Topliss-reactive ketones (excluding diaryl/α,β-unsaturated/α-hetero) is 1. The Balaban J connectivity index is 1.74. The quantitative estimate of drug-likeness (QED) is 0.393. The standard InChI is InChI=1S/C26H20N2O5S/c1-32-16-12-13-19(33-2)17(14-16)22-21(23(29)15-8-4-3-5-9-15)24(30)25(31)28(22)26-27-18-10-6-7-11-20(18)34-26/h3-14,22,30H,1-2H3. The van der Waals surface area contributed by atoms with Crippen LogP contribution in [-0.2, 0) is 4.79 Å². The van der Waals surface area contributed by atoms with Crippen LogP contribution < -0.4 is 14.4 Å². The third kappa shape index (κ3) is 3.48. The molecule has 1 aliphatic rings. The number of carbonyl (C=O) groups excluding carboxylic acids is 2. The maximum Gasteiger partial charge on any atom is 0.296 e. The smallest absolute Gasteiger partial charge is 0.296 e. The number of rotatable bonds is 6. The molecule has 0 spiro atoms. The van der Waals surface area contributed by atoms with Crippen molar-refractivity contribution in [3.8, 4) is 11.5 Å². The van der Waals surface area contributed by atoms with Crippen molar-refractivity contribution in [2.45, 2.75) is 6.04 Å². The van der Waals surface area contributed by atoms with Crippen molar-refractivity contribution >= 4 is 38.4 Å². The number of anilines is 1. The molecule has 1 aromatic heterocycles. The molecular weight excluding hydrogens is 452 g/mol. The molecule has 0 saturated heterocycles. The topological polar surface area (TPSA) is 89.0 Å². The summed E-state index contributed by atoms with van der Waals surface area (Å²) in [6.45, 7) is 0.